The van der Waals surface area contributed by atoms with Gasteiger partial charge in [0.1, 0.15) is 6.29 Å². The Balaban J connectivity index is 1.94. The van der Waals surface area contributed by atoms with Gasteiger partial charge < -0.3 is 5.32 Å². The Hall–Kier alpha value is -3.04. The molecule has 0 heterocycles. The van der Waals surface area contributed by atoms with Gasteiger partial charge in [-0.05, 0) is 52.4 Å². The molecule has 3 rings (SSSR count). The maximum Gasteiger partial charge on any atom is 0.150 e. The van der Waals surface area contributed by atoms with Crippen molar-refractivity contribution in [3.05, 3.63) is 113 Å². The predicted octanol–water partition coefficient (Wildman–Crippen LogP) is 6.99. The van der Waals surface area contributed by atoms with Gasteiger partial charge in [0, 0.05) is 16.9 Å². The molecule has 0 aliphatic rings. The minimum Gasteiger partial charge on any atom is -0.361 e. The number of para-hydroxylation sites is 1. The average Bonchev–Trinajstić information content (AvgIpc) is 2.76. The van der Waals surface area contributed by atoms with Crippen LogP contribution in [0.25, 0.3) is 6.08 Å². The van der Waals surface area contributed by atoms with E-state index in [4.69, 9.17) is 0 Å². The third kappa shape index (κ3) is 5.97. The lowest BCUT2D eigenvalue weighted by atomic mass is 10.1. The molecule has 0 aliphatic carbocycles. The van der Waals surface area contributed by atoms with Crippen molar-refractivity contribution < 1.29 is 4.79 Å². The number of carbonyl (C=O) groups excluding carboxylic acids is 1. The van der Waals surface area contributed by atoms with Gasteiger partial charge in [-0.1, -0.05) is 85.9 Å². The maximum atomic E-state index is 10.9. The van der Waals surface area contributed by atoms with Gasteiger partial charge in [0.05, 0.1) is 5.69 Å². The number of hydrogen-bond acceptors (Lipinski definition) is 3. The van der Waals surface area contributed by atoms with E-state index in [-0.39, 0.29) is 0 Å². The van der Waals surface area contributed by atoms with Gasteiger partial charge >= 0.3 is 0 Å². The Bertz CT molecular complexity index is 1010. The SMILES string of the molecule is C=CNc1ccccc1S/C(=C\c1ccc(C=O)cc1)Cc1cccc(CC)c1. The molecular formula is C26H25NOS. The van der Waals surface area contributed by atoms with E-state index in [1.807, 2.05) is 36.4 Å². The van der Waals surface area contributed by atoms with Crippen molar-refractivity contribution >= 4 is 29.8 Å². The van der Waals surface area contributed by atoms with Crippen molar-refractivity contribution in [2.45, 2.75) is 24.7 Å². The van der Waals surface area contributed by atoms with E-state index >= 15 is 0 Å². The number of rotatable bonds is 9. The number of aldehydes is 1. The average molecular weight is 400 g/mol. The topological polar surface area (TPSA) is 29.1 Å². The monoisotopic (exact) mass is 399 g/mol. The highest BCUT2D eigenvalue weighted by molar-refractivity contribution is 8.03. The van der Waals surface area contributed by atoms with Crippen molar-refractivity contribution in [1.82, 2.24) is 0 Å². The second kappa shape index (κ2) is 10.5. The van der Waals surface area contributed by atoms with Crippen LogP contribution in [0.5, 0.6) is 0 Å². The number of benzene rings is 3. The van der Waals surface area contributed by atoms with E-state index < -0.39 is 0 Å². The third-order valence-electron chi connectivity index (χ3n) is 4.56. The molecule has 0 aromatic heterocycles. The highest BCUT2D eigenvalue weighted by Gasteiger charge is 2.08. The molecule has 0 amide bonds. The van der Waals surface area contributed by atoms with E-state index in [1.54, 1.807) is 18.0 Å². The first kappa shape index (κ1) is 20.7. The Kier molecular flexibility index (Phi) is 7.48. The van der Waals surface area contributed by atoms with E-state index in [1.165, 1.54) is 16.0 Å². The lowest BCUT2D eigenvalue weighted by Gasteiger charge is -2.13. The quantitative estimate of drug-likeness (QED) is 0.310. The minimum atomic E-state index is 0.688. The second-order valence-corrected chi connectivity index (χ2v) is 7.86. The standard InChI is InChI=1S/C26H25NOS/c1-3-20-8-7-9-23(16-20)18-24(17-21-12-14-22(19-28)15-13-21)29-26-11-6-5-10-25(26)27-4-2/h4-17,19,27H,2-3,18H2,1H3/b24-17-. The zero-order valence-corrected chi connectivity index (χ0v) is 17.4. The fourth-order valence-corrected chi connectivity index (χ4v) is 4.16. The molecule has 0 atom stereocenters. The molecule has 0 radical (unpaired) electrons. The fourth-order valence-electron chi connectivity index (χ4n) is 3.06. The summed E-state index contributed by atoms with van der Waals surface area (Å²) in [5.74, 6) is 0. The molecule has 0 bridgehead atoms. The number of thioether (sulfide) groups is 1. The van der Waals surface area contributed by atoms with Crippen LogP contribution in [0.4, 0.5) is 5.69 Å². The van der Waals surface area contributed by atoms with Gasteiger partial charge in [-0.2, -0.15) is 0 Å². The van der Waals surface area contributed by atoms with Crippen LogP contribution in [0.2, 0.25) is 0 Å². The predicted molar refractivity (Wildman–Crippen MR) is 125 cm³/mol. The van der Waals surface area contributed by atoms with E-state index in [0.717, 1.165) is 35.3 Å². The molecule has 0 fully saturated rings. The summed E-state index contributed by atoms with van der Waals surface area (Å²) in [4.78, 5) is 13.3. The molecule has 0 unspecified atom stereocenters. The highest BCUT2D eigenvalue weighted by Crippen LogP contribution is 2.35. The van der Waals surface area contributed by atoms with Crippen LogP contribution < -0.4 is 5.32 Å². The lowest BCUT2D eigenvalue weighted by molar-refractivity contribution is 0.112. The van der Waals surface area contributed by atoms with Crippen LogP contribution in [-0.2, 0) is 12.8 Å². The smallest absolute Gasteiger partial charge is 0.150 e. The van der Waals surface area contributed by atoms with Crippen LogP contribution in [0.1, 0.15) is 34.0 Å². The van der Waals surface area contributed by atoms with Crippen molar-refractivity contribution in [3.63, 3.8) is 0 Å². The summed E-state index contributed by atoms with van der Waals surface area (Å²) in [7, 11) is 0. The molecule has 146 valence electrons. The number of nitrogens with one attached hydrogen (secondary N) is 1. The molecule has 0 aliphatic heterocycles. The fraction of sp³-hybridized carbons (Fsp3) is 0.115. The van der Waals surface area contributed by atoms with Gasteiger partial charge in [0.25, 0.3) is 0 Å². The minimum absolute atomic E-state index is 0.688. The maximum absolute atomic E-state index is 10.9. The molecule has 2 nitrogen and oxygen atoms in total. The van der Waals surface area contributed by atoms with Crippen LogP contribution >= 0.6 is 11.8 Å². The summed E-state index contributed by atoms with van der Waals surface area (Å²) >= 11 is 1.75. The Morgan fingerprint density at radius 3 is 2.41 bits per heavy atom. The summed E-state index contributed by atoms with van der Waals surface area (Å²) in [6.07, 6.45) is 6.64. The summed E-state index contributed by atoms with van der Waals surface area (Å²) < 4.78 is 0. The molecule has 0 saturated heterocycles. The third-order valence-corrected chi connectivity index (χ3v) is 5.66. The van der Waals surface area contributed by atoms with Gasteiger partial charge in [0.15, 0.2) is 0 Å². The van der Waals surface area contributed by atoms with Gasteiger partial charge in [-0.15, -0.1) is 0 Å². The lowest BCUT2D eigenvalue weighted by Crippen LogP contribution is -1.93. The van der Waals surface area contributed by atoms with Crippen molar-refractivity contribution in [2.24, 2.45) is 0 Å². The molecule has 29 heavy (non-hydrogen) atoms. The molecule has 3 heteroatoms. The largest absolute Gasteiger partial charge is 0.361 e. The molecule has 0 saturated carbocycles. The molecule has 3 aromatic carbocycles. The van der Waals surface area contributed by atoms with Crippen LogP contribution in [0.15, 0.2) is 95.4 Å². The Labute approximate surface area is 177 Å². The Morgan fingerprint density at radius 1 is 0.966 bits per heavy atom. The van der Waals surface area contributed by atoms with Crippen LogP contribution in [0.3, 0.4) is 0 Å². The van der Waals surface area contributed by atoms with Crippen molar-refractivity contribution in [3.8, 4) is 0 Å². The van der Waals surface area contributed by atoms with E-state index in [0.29, 0.717) is 5.56 Å². The van der Waals surface area contributed by atoms with Crippen molar-refractivity contribution in [2.75, 3.05) is 5.32 Å². The first-order valence-electron chi connectivity index (χ1n) is 9.69. The molecule has 3 aromatic rings. The number of anilines is 1. The number of allylic oxidation sites excluding steroid dienone is 1. The Morgan fingerprint density at radius 2 is 1.69 bits per heavy atom. The zero-order chi connectivity index (χ0) is 20.5. The van der Waals surface area contributed by atoms with Gasteiger partial charge in [0.2, 0.25) is 0 Å². The van der Waals surface area contributed by atoms with Crippen LogP contribution in [0, 0.1) is 0 Å². The van der Waals surface area contributed by atoms with Crippen molar-refractivity contribution in [1.29, 1.82) is 0 Å². The number of carbonyl (C=O) groups is 1. The first-order chi connectivity index (χ1) is 14.2. The van der Waals surface area contributed by atoms with E-state index in [2.05, 4.69) is 61.3 Å². The number of aryl methyl sites for hydroxylation is 1. The normalized spacial score (nSPS) is 11.1. The molecular weight excluding hydrogens is 374 g/mol. The molecule has 1 N–H and O–H groups in total. The van der Waals surface area contributed by atoms with Gasteiger partial charge in [-0.25, -0.2) is 0 Å². The number of hydrogen-bond donors (Lipinski definition) is 1. The van der Waals surface area contributed by atoms with Crippen LogP contribution in [-0.4, -0.2) is 6.29 Å². The second-order valence-electron chi connectivity index (χ2n) is 6.69. The van der Waals surface area contributed by atoms with E-state index in [9.17, 15) is 4.79 Å². The summed E-state index contributed by atoms with van der Waals surface area (Å²) in [5.41, 5.74) is 5.45. The summed E-state index contributed by atoms with van der Waals surface area (Å²) in [6.45, 7) is 5.96. The first-order valence-corrected chi connectivity index (χ1v) is 10.5. The molecule has 0 spiro atoms. The van der Waals surface area contributed by atoms with Gasteiger partial charge in [-0.3, -0.25) is 4.79 Å². The zero-order valence-electron chi connectivity index (χ0n) is 16.6. The summed E-state index contributed by atoms with van der Waals surface area (Å²) in [5, 5.41) is 3.22. The highest BCUT2D eigenvalue weighted by atomic mass is 32.2. The summed E-state index contributed by atoms with van der Waals surface area (Å²) in [6, 6.07) is 24.7.